The van der Waals surface area contributed by atoms with E-state index < -0.39 is 0 Å². The molecule has 4 nitrogen and oxygen atoms in total. The molecule has 0 bridgehead atoms. The first-order valence-corrected chi connectivity index (χ1v) is 5.26. The molecule has 4 heteroatoms. The first kappa shape index (κ1) is 11.3. The Morgan fingerprint density at radius 3 is 2.76 bits per heavy atom. The molecule has 2 aromatic rings. The molecular weight excluding hydrogens is 216 g/mol. The number of nitrogens with zero attached hydrogens (tertiary/aromatic N) is 1. The van der Waals surface area contributed by atoms with Crippen molar-refractivity contribution < 1.29 is 9.47 Å². The van der Waals surface area contributed by atoms with Crippen LogP contribution in [0.4, 0.5) is 5.69 Å². The molecule has 1 aromatic heterocycles. The molecule has 1 heterocycles. The summed E-state index contributed by atoms with van der Waals surface area (Å²) in [6.07, 6.45) is 1.74. The fourth-order valence-corrected chi connectivity index (χ4v) is 1.44. The van der Waals surface area contributed by atoms with E-state index in [9.17, 15) is 0 Å². The lowest BCUT2D eigenvalue weighted by molar-refractivity contribution is 0.301. The van der Waals surface area contributed by atoms with Crippen LogP contribution in [0.5, 0.6) is 11.5 Å². The van der Waals surface area contributed by atoms with E-state index in [0.29, 0.717) is 23.8 Å². The maximum atomic E-state index is 5.78. The molecule has 0 saturated heterocycles. The Morgan fingerprint density at radius 2 is 2.12 bits per heavy atom. The number of methoxy groups -OCH3 is 1. The van der Waals surface area contributed by atoms with Crippen LogP contribution >= 0.6 is 0 Å². The number of rotatable bonds is 4. The highest BCUT2D eigenvalue weighted by Crippen LogP contribution is 2.26. The van der Waals surface area contributed by atoms with Crippen molar-refractivity contribution in [1.82, 2.24) is 4.98 Å². The number of anilines is 1. The summed E-state index contributed by atoms with van der Waals surface area (Å²) in [5.74, 6) is 1.35. The van der Waals surface area contributed by atoms with Gasteiger partial charge in [-0.2, -0.15) is 0 Å². The minimum atomic E-state index is 0.423. The highest BCUT2D eigenvalue weighted by molar-refractivity contribution is 5.56. The van der Waals surface area contributed by atoms with Crippen molar-refractivity contribution in [2.75, 3.05) is 12.8 Å². The predicted octanol–water partition coefficient (Wildman–Crippen LogP) is 2.25. The van der Waals surface area contributed by atoms with Gasteiger partial charge in [0.05, 0.1) is 18.5 Å². The zero-order valence-electron chi connectivity index (χ0n) is 9.59. The average molecular weight is 230 g/mol. The van der Waals surface area contributed by atoms with E-state index in [1.165, 1.54) is 0 Å². The van der Waals surface area contributed by atoms with Crippen molar-refractivity contribution in [3.63, 3.8) is 0 Å². The van der Waals surface area contributed by atoms with E-state index in [1.54, 1.807) is 25.4 Å². The lowest BCUT2D eigenvalue weighted by Gasteiger charge is -2.08. The third-order valence-electron chi connectivity index (χ3n) is 2.31. The molecule has 17 heavy (non-hydrogen) atoms. The number of nitrogen functional groups attached to an aromatic ring is 1. The summed E-state index contributed by atoms with van der Waals surface area (Å²) >= 11 is 0. The fourth-order valence-electron chi connectivity index (χ4n) is 1.44. The third-order valence-corrected chi connectivity index (χ3v) is 2.31. The standard InChI is InChI=1S/C13H14N2O2/c1-16-13-6-5-11(8-12(13)14)17-9-10-4-2-3-7-15-10/h2-8H,9,14H2,1H3. The first-order chi connectivity index (χ1) is 8.29. The van der Waals surface area contributed by atoms with Crippen LogP contribution in [0.3, 0.4) is 0 Å². The van der Waals surface area contributed by atoms with Crippen LogP contribution in [-0.4, -0.2) is 12.1 Å². The Labute approximate surface area is 100 Å². The van der Waals surface area contributed by atoms with Gasteiger partial charge in [0.2, 0.25) is 0 Å². The molecule has 0 aliphatic rings. The van der Waals surface area contributed by atoms with Gasteiger partial charge in [-0.3, -0.25) is 4.98 Å². The summed E-state index contributed by atoms with van der Waals surface area (Å²) in [6, 6.07) is 11.0. The summed E-state index contributed by atoms with van der Waals surface area (Å²) in [5, 5.41) is 0. The number of ether oxygens (including phenoxy) is 2. The number of hydrogen-bond acceptors (Lipinski definition) is 4. The zero-order chi connectivity index (χ0) is 12.1. The van der Waals surface area contributed by atoms with Gasteiger partial charge in [-0.25, -0.2) is 0 Å². The molecule has 2 rings (SSSR count). The van der Waals surface area contributed by atoms with E-state index in [1.807, 2.05) is 24.3 Å². The van der Waals surface area contributed by atoms with Crippen LogP contribution in [0.15, 0.2) is 42.6 Å². The van der Waals surface area contributed by atoms with Crippen LogP contribution in [0, 0.1) is 0 Å². The molecule has 0 atom stereocenters. The molecule has 0 amide bonds. The second-order valence-electron chi connectivity index (χ2n) is 3.51. The Morgan fingerprint density at radius 1 is 1.24 bits per heavy atom. The van der Waals surface area contributed by atoms with Gasteiger partial charge in [0.15, 0.2) is 0 Å². The SMILES string of the molecule is COc1ccc(OCc2ccccn2)cc1N. The Balaban J connectivity index is 2.02. The second-order valence-corrected chi connectivity index (χ2v) is 3.51. The quantitative estimate of drug-likeness (QED) is 0.818. The number of aromatic nitrogens is 1. The highest BCUT2D eigenvalue weighted by atomic mass is 16.5. The van der Waals surface area contributed by atoms with Gasteiger partial charge in [0.25, 0.3) is 0 Å². The maximum Gasteiger partial charge on any atom is 0.142 e. The summed E-state index contributed by atoms with van der Waals surface area (Å²) < 4.78 is 10.6. The van der Waals surface area contributed by atoms with E-state index in [-0.39, 0.29) is 0 Å². The van der Waals surface area contributed by atoms with Crippen LogP contribution in [0.2, 0.25) is 0 Å². The van der Waals surface area contributed by atoms with Crippen molar-refractivity contribution in [3.05, 3.63) is 48.3 Å². The fraction of sp³-hybridized carbons (Fsp3) is 0.154. The van der Waals surface area contributed by atoms with Gasteiger partial charge in [-0.05, 0) is 24.3 Å². The minimum absolute atomic E-state index is 0.423. The van der Waals surface area contributed by atoms with Crippen LogP contribution < -0.4 is 15.2 Å². The number of pyridine rings is 1. The van der Waals surface area contributed by atoms with Gasteiger partial charge >= 0.3 is 0 Å². The lowest BCUT2D eigenvalue weighted by atomic mass is 10.3. The summed E-state index contributed by atoms with van der Waals surface area (Å²) in [5.41, 5.74) is 7.22. The third kappa shape index (κ3) is 2.87. The Kier molecular flexibility index (Phi) is 3.45. The molecule has 2 N–H and O–H groups in total. The predicted molar refractivity (Wildman–Crippen MR) is 66.0 cm³/mol. The van der Waals surface area contributed by atoms with Gasteiger partial charge in [-0.15, -0.1) is 0 Å². The van der Waals surface area contributed by atoms with Crippen LogP contribution in [0.25, 0.3) is 0 Å². The van der Waals surface area contributed by atoms with Crippen molar-refractivity contribution in [2.24, 2.45) is 0 Å². The van der Waals surface area contributed by atoms with Crippen LogP contribution in [-0.2, 0) is 6.61 Å². The molecule has 0 aliphatic carbocycles. The van der Waals surface area contributed by atoms with E-state index in [4.69, 9.17) is 15.2 Å². The summed E-state index contributed by atoms with van der Waals surface area (Å²) in [7, 11) is 1.58. The molecule has 0 unspecified atom stereocenters. The van der Waals surface area contributed by atoms with Gasteiger partial charge < -0.3 is 15.2 Å². The van der Waals surface area contributed by atoms with Crippen molar-refractivity contribution >= 4 is 5.69 Å². The van der Waals surface area contributed by atoms with Gasteiger partial charge in [0.1, 0.15) is 18.1 Å². The molecule has 0 spiro atoms. The Bertz CT molecular complexity index is 486. The average Bonchev–Trinajstić information content (AvgIpc) is 2.38. The minimum Gasteiger partial charge on any atom is -0.495 e. The molecule has 0 fully saturated rings. The molecule has 1 aromatic carbocycles. The molecule has 0 saturated carbocycles. The lowest BCUT2D eigenvalue weighted by Crippen LogP contribution is -1.99. The molecule has 88 valence electrons. The second kappa shape index (κ2) is 5.21. The smallest absolute Gasteiger partial charge is 0.142 e. The van der Waals surface area contributed by atoms with Gasteiger partial charge in [-0.1, -0.05) is 6.07 Å². The van der Waals surface area contributed by atoms with E-state index in [2.05, 4.69) is 4.98 Å². The number of nitrogens with two attached hydrogens (primary N) is 1. The molecule has 0 aliphatic heterocycles. The molecular formula is C13H14N2O2. The maximum absolute atomic E-state index is 5.78. The highest BCUT2D eigenvalue weighted by Gasteiger charge is 2.02. The van der Waals surface area contributed by atoms with Crippen molar-refractivity contribution in [1.29, 1.82) is 0 Å². The van der Waals surface area contributed by atoms with E-state index in [0.717, 1.165) is 5.69 Å². The van der Waals surface area contributed by atoms with Crippen molar-refractivity contribution in [2.45, 2.75) is 6.61 Å². The number of benzene rings is 1. The van der Waals surface area contributed by atoms with Gasteiger partial charge in [0, 0.05) is 12.3 Å². The Hall–Kier alpha value is -2.23. The number of hydrogen-bond donors (Lipinski definition) is 1. The van der Waals surface area contributed by atoms with E-state index >= 15 is 0 Å². The zero-order valence-corrected chi connectivity index (χ0v) is 9.59. The van der Waals surface area contributed by atoms with Crippen LogP contribution in [0.1, 0.15) is 5.69 Å². The summed E-state index contributed by atoms with van der Waals surface area (Å²) in [6.45, 7) is 0.423. The molecule has 0 radical (unpaired) electrons. The largest absolute Gasteiger partial charge is 0.495 e. The monoisotopic (exact) mass is 230 g/mol. The normalized spacial score (nSPS) is 9.94. The topological polar surface area (TPSA) is 57.4 Å². The van der Waals surface area contributed by atoms with Crippen molar-refractivity contribution in [3.8, 4) is 11.5 Å². The summed E-state index contributed by atoms with van der Waals surface area (Å²) in [4.78, 5) is 4.17. The first-order valence-electron chi connectivity index (χ1n) is 5.26.